The molecule has 1 N–H and O–H groups in total. The molecular formula is C22H23BrN2O4. The van der Waals surface area contributed by atoms with Crippen molar-refractivity contribution in [2.75, 3.05) is 20.3 Å². The fourth-order valence-corrected chi connectivity index (χ4v) is 3.65. The summed E-state index contributed by atoms with van der Waals surface area (Å²) in [6, 6.07) is 16.3. The van der Waals surface area contributed by atoms with Crippen LogP contribution in [-0.2, 0) is 20.8 Å². The molecule has 29 heavy (non-hydrogen) atoms. The number of methoxy groups -OCH3 is 1. The van der Waals surface area contributed by atoms with Gasteiger partial charge in [0.2, 0.25) is 0 Å². The quantitative estimate of drug-likeness (QED) is 0.499. The van der Waals surface area contributed by atoms with E-state index in [1.165, 1.54) is 0 Å². The van der Waals surface area contributed by atoms with Gasteiger partial charge >= 0.3 is 12.0 Å². The molecule has 0 saturated heterocycles. The molecule has 2 amide bonds. The summed E-state index contributed by atoms with van der Waals surface area (Å²) >= 11 is 3.45. The summed E-state index contributed by atoms with van der Waals surface area (Å²) in [6.07, 6.45) is 0. The lowest BCUT2D eigenvalue weighted by Gasteiger charge is -2.35. The highest BCUT2D eigenvalue weighted by Gasteiger charge is 2.36. The van der Waals surface area contributed by atoms with E-state index in [1.807, 2.05) is 54.6 Å². The average molecular weight is 459 g/mol. The van der Waals surface area contributed by atoms with Gasteiger partial charge in [0.05, 0.1) is 24.8 Å². The number of halogens is 1. The Bertz CT molecular complexity index is 914. The van der Waals surface area contributed by atoms with E-state index in [4.69, 9.17) is 9.47 Å². The molecule has 2 aromatic rings. The molecule has 0 aromatic heterocycles. The molecule has 1 atom stereocenters. The van der Waals surface area contributed by atoms with Gasteiger partial charge < -0.3 is 14.8 Å². The van der Waals surface area contributed by atoms with Gasteiger partial charge in [-0.1, -0.05) is 58.4 Å². The predicted molar refractivity (Wildman–Crippen MR) is 113 cm³/mol. The van der Waals surface area contributed by atoms with Gasteiger partial charge in [0.1, 0.15) is 6.61 Å². The second-order valence-electron chi connectivity index (χ2n) is 6.64. The molecule has 0 radical (unpaired) electrons. The third-order valence-corrected chi connectivity index (χ3v) is 5.20. The molecule has 0 saturated carbocycles. The van der Waals surface area contributed by atoms with Crippen LogP contribution in [0.3, 0.4) is 0 Å². The van der Waals surface area contributed by atoms with E-state index in [-0.39, 0.29) is 12.6 Å². The Balaban J connectivity index is 1.98. The number of urea groups is 1. The number of ether oxygens (including phenoxy) is 2. The van der Waals surface area contributed by atoms with Gasteiger partial charge in [-0.25, -0.2) is 9.59 Å². The fourth-order valence-electron chi connectivity index (χ4n) is 3.23. The van der Waals surface area contributed by atoms with Gasteiger partial charge in [0.25, 0.3) is 0 Å². The van der Waals surface area contributed by atoms with E-state index in [0.717, 1.165) is 15.6 Å². The SMILES string of the molecule is COCCOC(=O)C1=C(C)N(Cc2ccccc2)C(=O)NC1c1cccc(Br)c1. The van der Waals surface area contributed by atoms with E-state index >= 15 is 0 Å². The maximum Gasteiger partial charge on any atom is 0.338 e. The molecule has 7 heteroatoms. The van der Waals surface area contributed by atoms with Crippen molar-refractivity contribution in [3.63, 3.8) is 0 Å². The van der Waals surface area contributed by atoms with Gasteiger partial charge in [-0.2, -0.15) is 0 Å². The van der Waals surface area contributed by atoms with Crippen molar-refractivity contribution in [2.45, 2.75) is 19.5 Å². The Morgan fingerprint density at radius 2 is 1.90 bits per heavy atom. The summed E-state index contributed by atoms with van der Waals surface area (Å²) in [5.41, 5.74) is 2.75. The first kappa shape index (κ1) is 21.1. The van der Waals surface area contributed by atoms with Crippen molar-refractivity contribution >= 4 is 27.9 Å². The molecular weight excluding hydrogens is 436 g/mol. The molecule has 0 aliphatic carbocycles. The largest absolute Gasteiger partial charge is 0.460 e. The minimum atomic E-state index is -0.595. The lowest BCUT2D eigenvalue weighted by Crippen LogP contribution is -2.47. The van der Waals surface area contributed by atoms with Crippen LogP contribution < -0.4 is 5.32 Å². The summed E-state index contributed by atoms with van der Waals surface area (Å²) in [7, 11) is 1.55. The van der Waals surface area contributed by atoms with Crippen LogP contribution in [0.2, 0.25) is 0 Å². The Morgan fingerprint density at radius 1 is 1.14 bits per heavy atom. The minimum absolute atomic E-state index is 0.143. The highest BCUT2D eigenvalue weighted by atomic mass is 79.9. The Morgan fingerprint density at radius 3 is 2.59 bits per heavy atom. The van der Waals surface area contributed by atoms with Crippen LogP contribution in [-0.4, -0.2) is 37.2 Å². The number of carbonyl (C=O) groups is 2. The number of hydrogen-bond acceptors (Lipinski definition) is 4. The number of esters is 1. The zero-order chi connectivity index (χ0) is 20.8. The van der Waals surface area contributed by atoms with Gasteiger partial charge in [-0.3, -0.25) is 4.90 Å². The number of nitrogens with zero attached hydrogens (tertiary/aromatic N) is 1. The number of carbonyl (C=O) groups excluding carboxylic acids is 2. The molecule has 0 spiro atoms. The van der Waals surface area contributed by atoms with E-state index in [0.29, 0.717) is 24.4 Å². The number of rotatable bonds is 7. The molecule has 1 aliphatic rings. The predicted octanol–water partition coefficient (Wildman–Crippen LogP) is 4.18. The lowest BCUT2D eigenvalue weighted by molar-refractivity contribution is -0.140. The standard InChI is InChI=1S/C22H23BrN2O4/c1-15-19(21(26)29-12-11-28-2)20(17-9-6-10-18(23)13-17)24-22(27)25(15)14-16-7-4-3-5-8-16/h3-10,13,20H,11-12,14H2,1-2H3,(H,24,27). The normalized spacial score (nSPS) is 16.6. The van der Waals surface area contributed by atoms with E-state index in [2.05, 4.69) is 21.2 Å². The topological polar surface area (TPSA) is 67.9 Å². The van der Waals surface area contributed by atoms with Crippen molar-refractivity contribution < 1.29 is 19.1 Å². The summed E-state index contributed by atoms with van der Waals surface area (Å²) in [5, 5.41) is 2.96. The van der Waals surface area contributed by atoms with E-state index in [9.17, 15) is 9.59 Å². The van der Waals surface area contributed by atoms with Crippen LogP contribution >= 0.6 is 15.9 Å². The summed E-state index contributed by atoms with van der Waals surface area (Å²) < 4.78 is 11.2. The molecule has 6 nitrogen and oxygen atoms in total. The lowest BCUT2D eigenvalue weighted by atomic mass is 9.94. The van der Waals surface area contributed by atoms with Crippen molar-refractivity contribution in [3.05, 3.63) is 81.5 Å². The zero-order valence-corrected chi connectivity index (χ0v) is 17.9. The van der Waals surface area contributed by atoms with Gasteiger partial charge in [-0.05, 0) is 30.2 Å². The summed E-state index contributed by atoms with van der Waals surface area (Å²) in [5.74, 6) is -0.470. The van der Waals surface area contributed by atoms with E-state index in [1.54, 1.807) is 18.9 Å². The molecule has 0 bridgehead atoms. The van der Waals surface area contributed by atoms with Crippen LogP contribution in [0.15, 0.2) is 70.3 Å². The minimum Gasteiger partial charge on any atom is -0.460 e. The third-order valence-electron chi connectivity index (χ3n) is 4.70. The number of benzene rings is 2. The van der Waals surface area contributed by atoms with Crippen LogP contribution in [0.4, 0.5) is 4.79 Å². The van der Waals surface area contributed by atoms with Gasteiger partial charge in [0.15, 0.2) is 0 Å². The Hall–Kier alpha value is -2.64. The van der Waals surface area contributed by atoms with Gasteiger partial charge in [0, 0.05) is 17.3 Å². The number of hydrogen-bond donors (Lipinski definition) is 1. The third kappa shape index (κ3) is 5.05. The molecule has 1 heterocycles. The van der Waals surface area contributed by atoms with Crippen LogP contribution in [0.25, 0.3) is 0 Å². The first-order chi connectivity index (χ1) is 14.0. The first-order valence-electron chi connectivity index (χ1n) is 9.25. The monoisotopic (exact) mass is 458 g/mol. The molecule has 3 rings (SSSR count). The fraction of sp³-hybridized carbons (Fsp3) is 0.273. The smallest absolute Gasteiger partial charge is 0.338 e. The van der Waals surface area contributed by atoms with Crippen LogP contribution in [0.5, 0.6) is 0 Å². The number of amides is 2. The maximum atomic E-state index is 12.9. The van der Waals surface area contributed by atoms with Gasteiger partial charge in [-0.15, -0.1) is 0 Å². The molecule has 1 unspecified atom stereocenters. The second-order valence-corrected chi connectivity index (χ2v) is 7.55. The molecule has 152 valence electrons. The van der Waals surface area contributed by atoms with Crippen LogP contribution in [0.1, 0.15) is 24.1 Å². The molecule has 1 aliphatic heterocycles. The van der Waals surface area contributed by atoms with Crippen molar-refractivity contribution in [3.8, 4) is 0 Å². The number of allylic oxidation sites excluding steroid dienone is 1. The Labute approximate surface area is 178 Å². The highest BCUT2D eigenvalue weighted by Crippen LogP contribution is 2.33. The van der Waals surface area contributed by atoms with Crippen molar-refractivity contribution in [2.24, 2.45) is 0 Å². The van der Waals surface area contributed by atoms with Crippen molar-refractivity contribution in [1.29, 1.82) is 0 Å². The second kappa shape index (κ2) is 9.71. The van der Waals surface area contributed by atoms with Crippen LogP contribution in [0, 0.1) is 0 Å². The van der Waals surface area contributed by atoms with E-state index < -0.39 is 12.0 Å². The maximum absolute atomic E-state index is 12.9. The average Bonchev–Trinajstić information content (AvgIpc) is 2.71. The highest BCUT2D eigenvalue weighted by molar-refractivity contribution is 9.10. The summed E-state index contributed by atoms with van der Waals surface area (Å²) in [6.45, 7) is 2.59. The molecule has 0 fully saturated rings. The zero-order valence-electron chi connectivity index (χ0n) is 16.4. The number of nitrogens with one attached hydrogen (secondary N) is 1. The first-order valence-corrected chi connectivity index (χ1v) is 10.0. The van der Waals surface area contributed by atoms with Crippen molar-refractivity contribution in [1.82, 2.24) is 10.2 Å². The summed E-state index contributed by atoms with van der Waals surface area (Å²) in [4.78, 5) is 27.4. The molecule has 2 aromatic carbocycles. The Kier molecular flexibility index (Phi) is 7.06.